The fraction of sp³-hybridized carbons (Fsp3) is 0.143. The van der Waals surface area contributed by atoms with Gasteiger partial charge in [-0.1, -0.05) is 0 Å². The van der Waals surface area contributed by atoms with Crippen LogP contribution in [0.5, 0.6) is 11.6 Å². The summed E-state index contributed by atoms with van der Waals surface area (Å²) in [6, 6.07) is 6.13. The maximum absolute atomic E-state index is 13.9. The average molecular weight is 312 g/mol. The second kappa shape index (κ2) is 5.89. The summed E-state index contributed by atoms with van der Waals surface area (Å²) in [4.78, 5) is 3.61. The van der Waals surface area contributed by atoms with Gasteiger partial charge < -0.3 is 9.47 Å². The molecule has 0 atom stereocenters. The van der Waals surface area contributed by atoms with Gasteiger partial charge in [0.25, 0.3) is 0 Å². The molecule has 0 aliphatic rings. The van der Waals surface area contributed by atoms with Gasteiger partial charge in [0.05, 0.1) is 24.9 Å². The van der Waals surface area contributed by atoms with Gasteiger partial charge in [0.1, 0.15) is 11.6 Å². The Labute approximate surface area is 122 Å². The molecule has 0 spiro atoms. The van der Waals surface area contributed by atoms with Crippen molar-refractivity contribution < 1.29 is 27.0 Å². The number of nitriles is 1. The molecule has 2 rings (SSSR count). The number of pyridine rings is 1. The molecule has 2 aromatic rings. The van der Waals surface area contributed by atoms with Crippen molar-refractivity contribution in [2.24, 2.45) is 0 Å². The number of rotatable bonds is 3. The number of aromatic nitrogens is 1. The molecule has 114 valence electrons. The highest BCUT2D eigenvalue weighted by atomic mass is 19.4. The third-order valence-corrected chi connectivity index (χ3v) is 2.67. The van der Waals surface area contributed by atoms with Gasteiger partial charge in [0.2, 0.25) is 5.88 Å². The highest BCUT2D eigenvalue weighted by Crippen LogP contribution is 2.36. The lowest BCUT2D eigenvalue weighted by Crippen LogP contribution is -2.17. The molecule has 1 heterocycles. The van der Waals surface area contributed by atoms with Crippen molar-refractivity contribution in [2.75, 3.05) is 7.11 Å². The number of halogens is 4. The predicted octanol–water partition coefficient (Wildman–Crippen LogP) is 3.67. The Morgan fingerprint density at radius 3 is 2.50 bits per heavy atom. The molecular formula is C14H8F4N2O2. The normalized spacial score (nSPS) is 10.9. The summed E-state index contributed by atoms with van der Waals surface area (Å²) in [7, 11) is 1.29. The monoisotopic (exact) mass is 312 g/mol. The standard InChI is InChI=1S/C14H8F4N2O2/c1-21-13-5-10(11(15)7-20-13)9-3-2-8(6-19)4-12(9)22-14(16,17)18/h2-5,7H,1H3. The molecule has 8 heteroatoms. The van der Waals surface area contributed by atoms with Crippen molar-refractivity contribution in [1.29, 1.82) is 5.26 Å². The molecule has 0 saturated carbocycles. The Hall–Kier alpha value is -2.82. The van der Waals surface area contributed by atoms with E-state index in [1.807, 2.05) is 0 Å². The van der Waals surface area contributed by atoms with E-state index in [0.717, 1.165) is 24.4 Å². The van der Waals surface area contributed by atoms with Crippen LogP contribution in [-0.2, 0) is 0 Å². The van der Waals surface area contributed by atoms with Gasteiger partial charge in [0.15, 0.2) is 0 Å². The zero-order valence-corrected chi connectivity index (χ0v) is 11.1. The molecule has 1 aromatic carbocycles. The first-order valence-corrected chi connectivity index (χ1v) is 5.84. The van der Waals surface area contributed by atoms with Gasteiger partial charge in [-0.05, 0) is 18.2 Å². The number of methoxy groups -OCH3 is 1. The third kappa shape index (κ3) is 3.44. The molecule has 1 aromatic heterocycles. The highest BCUT2D eigenvalue weighted by Gasteiger charge is 2.32. The Morgan fingerprint density at radius 1 is 1.18 bits per heavy atom. The van der Waals surface area contributed by atoms with Crippen molar-refractivity contribution in [3.05, 3.63) is 41.8 Å². The van der Waals surface area contributed by atoms with Crippen LogP contribution in [0.4, 0.5) is 17.6 Å². The zero-order valence-electron chi connectivity index (χ0n) is 11.1. The van der Waals surface area contributed by atoms with Crippen LogP contribution >= 0.6 is 0 Å². The second-order valence-electron chi connectivity index (χ2n) is 4.08. The van der Waals surface area contributed by atoms with E-state index in [2.05, 4.69) is 9.72 Å². The van der Waals surface area contributed by atoms with E-state index in [9.17, 15) is 17.6 Å². The quantitative estimate of drug-likeness (QED) is 0.812. The van der Waals surface area contributed by atoms with Gasteiger partial charge in [-0.15, -0.1) is 13.2 Å². The Morgan fingerprint density at radius 2 is 1.91 bits per heavy atom. The van der Waals surface area contributed by atoms with Gasteiger partial charge >= 0.3 is 6.36 Å². The number of alkyl halides is 3. The third-order valence-electron chi connectivity index (χ3n) is 2.67. The lowest BCUT2D eigenvalue weighted by molar-refractivity contribution is -0.274. The highest BCUT2D eigenvalue weighted by molar-refractivity contribution is 5.72. The van der Waals surface area contributed by atoms with Crippen LogP contribution in [0.15, 0.2) is 30.5 Å². The van der Waals surface area contributed by atoms with Crippen molar-refractivity contribution in [3.8, 4) is 28.8 Å². The summed E-state index contributed by atoms with van der Waals surface area (Å²) >= 11 is 0. The minimum atomic E-state index is -4.98. The maximum Gasteiger partial charge on any atom is 0.573 e. The summed E-state index contributed by atoms with van der Waals surface area (Å²) in [6.45, 7) is 0. The fourth-order valence-corrected chi connectivity index (χ4v) is 1.76. The summed E-state index contributed by atoms with van der Waals surface area (Å²) in [5.74, 6) is -1.50. The molecule has 0 N–H and O–H groups in total. The molecular weight excluding hydrogens is 304 g/mol. The molecule has 4 nitrogen and oxygen atoms in total. The Kier molecular flexibility index (Phi) is 4.17. The number of ether oxygens (including phenoxy) is 2. The van der Waals surface area contributed by atoms with Crippen molar-refractivity contribution >= 4 is 0 Å². The van der Waals surface area contributed by atoms with E-state index < -0.39 is 17.9 Å². The second-order valence-corrected chi connectivity index (χ2v) is 4.08. The number of hydrogen-bond acceptors (Lipinski definition) is 4. The van der Waals surface area contributed by atoms with Crippen LogP contribution in [0.3, 0.4) is 0 Å². The number of benzene rings is 1. The van der Waals surface area contributed by atoms with Gasteiger partial charge in [-0.25, -0.2) is 9.37 Å². The van der Waals surface area contributed by atoms with Crippen molar-refractivity contribution in [3.63, 3.8) is 0 Å². The molecule has 0 aliphatic carbocycles. The number of hydrogen-bond donors (Lipinski definition) is 0. The molecule has 0 radical (unpaired) electrons. The Bertz CT molecular complexity index is 739. The van der Waals surface area contributed by atoms with Crippen LogP contribution < -0.4 is 9.47 Å². The zero-order chi connectivity index (χ0) is 16.3. The topological polar surface area (TPSA) is 55.1 Å². The van der Waals surface area contributed by atoms with E-state index in [0.29, 0.717) is 0 Å². The van der Waals surface area contributed by atoms with Gasteiger partial charge in [0, 0.05) is 17.2 Å². The van der Waals surface area contributed by atoms with E-state index in [-0.39, 0.29) is 22.6 Å². The van der Waals surface area contributed by atoms with Crippen LogP contribution in [-0.4, -0.2) is 18.5 Å². The van der Waals surface area contributed by atoms with Crippen LogP contribution in [0.1, 0.15) is 5.56 Å². The van der Waals surface area contributed by atoms with Crippen LogP contribution in [0, 0.1) is 17.1 Å². The first-order valence-electron chi connectivity index (χ1n) is 5.84. The Balaban J connectivity index is 2.62. The lowest BCUT2D eigenvalue weighted by atomic mass is 10.0. The average Bonchev–Trinajstić information content (AvgIpc) is 2.46. The molecule has 22 heavy (non-hydrogen) atoms. The summed E-state index contributed by atoms with van der Waals surface area (Å²) in [5.41, 5.74) is -0.408. The van der Waals surface area contributed by atoms with E-state index in [4.69, 9.17) is 10.00 Å². The molecule has 0 amide bonds. The number of nitrogens with zero attached hydrogens (tertiary/aromatic N) is 2. The largest absolute Gasteiger partial charge is 0.573 e. The maximum atomic E-state index is 13.9. The predicted molar refractivity (Wildman–Crippen MR) is 67.6 cm³/mol. The molecule has 0 bridgehead atoms. The van der Waals surface area contributed by atoms with Gasteiger partial charge in [-0.3, -0.25) is 0 Å². The van der Waals surface area contributed by atoms with E-state index in [1.165, 1.54) is 13.2 Å². The first kappa shape index (κ1) is 15.6. The molecule has 0 fully saturated rings. The SMILES string of the molecule is COc1cc(-c2ccc(C#N)cc2OC(F)(F)F)c(F)cn1. The fourth-order valence-electron chi connectivity index (χ4n) is 1.76. The molecule has 0 unspecified atom stereocenters. The van der Waals surface area contributed by atoms with Crippen molar-refractivity contribution in [1.82, 2.24) is 4.98 Å². The van der Waals surface area contributed by atoms with Crippen molar-refractivity contribution in [2.45, 2.75) is 6.36 Å². The van der Waals surface area contributed by atoms with E-state index >= 15 is 0 Å². The van der Waals surface area contributed by atoms with E-state index in [1.54, 1.807) is 6.07 Å². The minimum Gasteiger partial charge on any atom is -0.481 e. The minimum absolute atomic E-state index is 0.0266. The summed E-state index contributed by atoms with van der Waals surface area (Å²) < 4.78 is 60.0. The summed E-state index contributed by atoms with van der Waals surface area (Å²) in [5, 5.41) is 8.77. The molecule has 0 aliphatic heterocycles. The smallest absolute Gasteiger partial charge is 0.481 e. The lowest BCUT2D eigenvalue weighted by Gasteiger charge is -2.14. The first-order chi connectivity index (χ1) is 10.3. The molecule has 0 saturated heterocycles. The van der Waals surface area contributed by atoms with Gasteiger partial charge in [-0.2, -0.15) is 5.26 Å². The van der Waals surface area contributed by atoms with Crippen LogP contribution in [0.2, 0.25) is 0 Å². The summed E-state index contributed by atoms with van der Waals surface area (Å²) in [6.07, 6.45) is -4.15. The van der Waals surface area contributed by atoms with Crippen LogP contribution in [0.25, 0.3) is 11.1 Å².